The molecule has 1 aromatic carbocycles. The molecule has 3 atom stereocenters. The zero-order valence-electron chi connectivity index (χ0n) is 18.4. The normalized spacial score (nSPS) is 14.5. The van der Waals surface area contributed by atoms with Crippen LogP contribution in [-0.4, -0.2) is 59.3 Å². The summed E-state index contributed by atoms with van der Waals surface area (Å²) in [5, 5.41) is 32.0. The first kappa shape index (κ1) is 27.8. The van der Waals surface area contributed by atoms with E-state index in [1.165, 1.54) is 6.92 Å². The Kier molecular flexibility index (Phi) is 9.30. The molecule has 1 amide bonds. The molecule has 0 fully saturated rings. The van der Waals surface area contributed by atoms with E-state index >= 15 is 0 Å². The smallest absolute Gasteiger partial charge is 0.408 e. The van der Waals surface area contributed by atoms with Crippen LogP contribution in [0, 0.1) is 16.0 Å². The minimum Gasteiger partial charge on any atom is -0.481 e. The summed E-state index contributed by atoms with van der Waals surface area (Å²) >= 11 is 0. The first-order valence-electron chi connectivity index (χ1n) is 9.70. The lowest BCUT2D eigenvalue weighted by Gasteiger charge is -2.26. The molecular weight excluding hydrogens is 464 g/mol. The van der Waals surface area contributed by atoms with Gasteiger partial charge in [-0.3, -0.25) is 19.1 Å². The van der Waals surface area contributed by atoms with Gasteiger partial charge in [-0.1, -0.05) is 13.0 Å². The van der Waals surface area contributed by atoms with Crippen molar-refractivity contribution in [3.05, 3.63) is 34.4 Å². The highest BCUT2D eigenvalue weighted by molar-refractivity contribution is 7.86. The summed E-state index contributed by atoms with van der Waals surface area (Å²) < 4.78 is 35.2. The van der Waals surface area contributed by atoms with Crippen LogP contribution in [0.2, 0.25) is 0 Å². The number of carbonyl (C=O) groups excluding carboxylic acids is 1. The maximum absolute atomic E-state index is 12.6. The third-order valence-electron chi connectivity index (χ3n) is 4.21. The quantitative estimate of drug-likeness (QED) is 0.233. The monoisotopic (exact) mass is 490 g/mol. The average molecular weight is 490 g/mol. The van der Waals surface area contributed by atoms with Gasteiger partial charge in [0, 0.05) is 12.1 Å². The van der Waals surface area contributed by atoms with Crippen LogP contribution in [0.1, 0.15) is 40.5 Å². The number of hydrogen-bond acceptors (Lipinski definition) is 9. The molecule has 0 aliphatic carbocycles. The Labute approximate surface area is 190 Å². The third kappa shape index (κ3) is 8.65. The number of carboxylic acid groups (broad SMARTS) is 2. The lowest BCUT2D eigenvalue weighted by Crippen LogP contribution is -2.47. The molecule has 14 heteroatoms. The number of alkyl carbamates (subject to hydrolysis) is 1. The van der Waals surface area contributed by atoms with Crippen LogP contribution in [0.3, 0.4) is 0 Å². The molecule has 1 rings (SSSR count). The summed E-state index contributed by atoms with van der Waals surface area (Å²) in [4.78, 5) is 44.9. The number of rotatable bonds is 11. The van der Waals surface area contributed by atoms with Gasteiger partial charge in [-0.15, -0.1) is 0 Å². The first-order chi connectivity index (χ1) is 15.1. The van der Waals surface area contributed by atoms with E-state index in [1.807, 2.05) is 5.32 Å². The fourth-order valence-electron chi connectivity index (χ4n) is 2.73. The van der Waals surface area contributed by atoms with Crippen LogP contribution in [0.15, 0.2) is 29.2 Å². The number of amides is 1. The highest BCUT2D eigenvalue weighted by Crippen LogP contribution is 2.26. The molecule has 0 aliphatic rings. The van der Waals surface area contributed by atoms with E-state index in [1.54, 1.807) is 20.8 Å². The Morgan fingerprint density at radius 1 is 1.18 bits per heavy atom. The molecule has 3 N–H and O–H groups in total. The molecule has 0 aliphatic heterocycles. The van der Waals surface area contributed by atoms with Gasteiger partial charge in [-0.05, 0) is 39.7 Å². The van der Waals surface area contributed by atoms with E-state index in [2.05, 4.69) is 0 Å². The molecule has 0 heterocycles. The Balaban J connectivity index is 3.15. The summed E-state index contributed by atoms with van der Waals surface area (Å²) in [6.07, 6.45) is -3.51. The molecule has 0 saturated heterocycles. The molecule has 1 aromatic rings. The number of aliphatic carboxylic acids is 2. The number of nitro benzene ring substituents is 1. The maximum atomic E-state index is 12.6. The minimum atomic E-state index is -4.64. The second-order valence-corrected chi connectivity index (χ2v) is 9.54. The standard InChI is InChI=1S/C19H26N2O11S/c1-5-15(32-33(29,30)12-8-6-7-11(9-12)21(27)28)13(16(22)23)10-14(17(24)25)20-18(26)31-19(2,3)4/h6-9,13-15H,5,10H2,1-4H3,(H,20,26)(H,22,23)(H,24,25)/t13-,14-,15?/m0/s1. The van der Waals surface area contributed by atoms with E-state index in [0.29, 0.717) is 0 Å². The van der Waals surface area contributed by atoms with Gasteiger partial charge < -0.3 is 20.3 Å². The Hall–Kier alpha value is -3.26. The number of nitrogens with one attached hydrogen (secondary N) is 1. The van der Waals surface area contributed by atoms with Gasteiger partial charge in [0.2, 0.25) is 0 Å². The molecule has 0 saturated carbocycles. The summed E-state index contributed by atoms with van der Waals surface area (Å²) in [7, 11) is -4.64. The van der Waals surface area contributed by atoms with Gasteiger partial charge in [0.25, 0.3) is 15.8 Å². The summed E-state index contributed by atoms with van der Waals surface area (Å²) in [6, 6.07) is 2.25. The topological polar surface area (TPSA) is 199 Å². The van der Waals surface area contributed by atoms with Crippen molar-refractivity contribution in [1.82, 2.24) is 5.32 Å². The van der Waals surface area contributed by atoms with Crippen molar-refractivity contribution in [3.8, 4) is 0 Å². The number of nitrogens with zero attached hydrogens (tertiary/aromatic N) is 1. The lowest BCUT2D eigenvalue weighted by atomic mass is 9.93. The Morgan fingerprint density at radius 2 is 1.79 bits per heavy atom. The van der Waals surface area contributed by atoms with E-state index in [9.17, 15) is 43.1 Å². The molecule has 184 valence electrons. The number of nitro groups is 1. The van der Waals surface area contributed by atoms with Gasteiger partial charge in [-0.25, -0.2) is 9.59 Å². The van der Waals surface area contributed by atoms with Crippen molar-refractivity contribution < 1.29 is 46.9 Å². The maximum Gasteiger partial charge on any atom is 0.408 e. The summed E-state index contributed by atoms with van der Waals surface area (Å²) in [6.45, 7) is 6.05. The van der Waals surface area contributed by atoms with Crippen molar-refractivity contribution in [1.29, 1.82) is 0 Å². The predicted molar refractivity (Wildman–Crippen MR) is 112 cm³/mol. The van der Waals surface area contributed by atoms with E-state index in [0.717, 1.165) is 24.3 Å². The predicted octanol–water partition coefficient (Wildman–Crippen LogP) is 2.15. The minimum absolute atomic E-state index is 0.163. The van der Waals surface area contributed by atoms with Crippen LogP contribution < -0.4 is 5.32 Å². The average Bonchev–Trinajstić information content (AvgIpc) is 2.67. The number of hydrogen-bond donors (Lipinski definition) is 3. The molecule has 1 unspecified atom stereocenters. The van der Waals surface area contributed by atoms with E-state index in [4.69, 9.17) is 8.92 Å². The van der Waals surface area contributed by atoms with Gasteiger partial charge in [0.15, 0.2) is 0 Å². The lowest BCUT2D eigenvalue weighted by molar-refractivity contribution is -0.385. The molecule has 0 aromatic heterocycles. The third-order valence-corrected chi connectivity index (χ3v) is 5.55. The fourth-order valence-corrected chi connectivity index (χ4v) is 3.94. The van der Waals surface area contributed by atoms with E-state index < -0.39 is 73.7 Å². The SMILES string of the molecule is CCC(OS(=O)(=O)c1cccc([N+](=O)[O-])c1)[C@H](C[C@H](NC(=O)OC(C)(C)C)C(=O)O)C(=O)O. The highest BCUT2D eigenvalue weighted by atomic mass is 32.2. The van der Waals surface area contributed by atoms with Gasteiger partial charge in [0.05, 0.1) is 16.9 Å². The van der Waals surface area contributed by atoms with Crippen LogP contribution in [0.25, 0.3) is 0 Å². The van der Waals surface area contributed by atoms with Crippen LogP contribution in [-0.2, 0) is 28.6 Å². The summed E-state index contributed by atoms with van der Waals surface area (Å²) in [5.41, 5.74) is -1.46. The molecule has 0 radical (unpaired) electrons. The Morgan fingerprint density at radius 3 is 2.24 bits per heavy atom. The number of carbonyl (C=O) groups is 3. The highest BCUT2D eigenvalue weighted by Gasteiger charge is 2.37. The fraction of sp³-hybridized carbons (Fsp3) is 0.526. The van der Waals surface area contributed by atoms with Crippen LogP contribution >= 0.6 is 0 Å². The van der Waals surface area contributed by atoms with Crippen molar-refractivity contribution in [3.63, 3.8) is 0 Å². The van der Waals surface area contributed by atoms with E-state index in [-0.39, 0.29) is 6.42 Å². The largest absolute Gasteiger partial charge is 0.481 e. The van der Waals surface area contributed by atoms with Crippen molar-refractivity contribution in [2.24, 2.45) is 5.92 Å². The summed E-state index contributed by atoms with van der Waals surface area (Å²) in [5.74, 6) is -4.80. The van der Waals surface area contributed by atoms with Crippen LogP contribution in [0.4, 0.5) is 10.5 Å². The van der Waals surface area contributed by atoms with Crippen molar-refractivity contribution in [2.75, 3.05) is 0 Å². The number of non-ortho nitro benzene ring substituents is 1. The number of carboxylic acids is 2. The second-order valence-electron chi connectivity index (χ2n) is 7.97. The number of benzene rings is 1. The van der Waals surface area contributed by atoms with Gasteiger partial charge in [0.1, 0.15) is 16.5 Å². The van der Waals surface area contributed by atoms with Crippen molar-refractivity contribution >= 4 is 33.8 Å². The molecule has 0 spiro atoms. The molecular formula is C19H26N2O11S. The molecule has 33 heavy (non-hydrogen) atoms. The zero-order chi connectivity index (χ0) is 25.6. The second kappa shape index (κ2) is 11.0. The van der Waals surface area contributed by atoms with Gasteiger partial charge >= 0.3 is 18.0 Å². The first-order valence-corrected chi connectivity index (χ1v) is 11.1. The molecule has 0 bridgehead atoms. The van der Waals surface area contributed by atoms with Crippen molar-refractivity contribution in [2.45, 2.75) is 63.2 Å². The van der Waals surface area contributed by atoms with Crippen LogP contribution in [0.5, 0.6) is 0 Å². The zero-order valence-corrected chi connectivity index (χ0v) is 19.2. The Bertz CT molecular complexity index is 1000. The number of ether oxygens (including phenoxy) is 1. The molecule has 13 nitrogen and oxygen atoms in total. The van der Waals surface area contributed by atoms with Gasteiger partial charge in [-0.2, -0.15) is 8.42 Å².